The molecule has 0 saturated carbocycles. The van der Waals surface area contributed by atoms with Gasteiger partial charge < -0.3 is 10.6 Å². The van der Waals surface area contributed by atoms with E-state index in [-0.39, 0.29) is 0 Å². The summed E-state index contributed by atoms with van der Waals surface area (Å²) in [6.07, 6.45) is 0.985. The molecule has 4 nitrogen and oxygen atoms in total. The minimum absolute atomic E-state index is 0.716. The Morgan fingerprint density at radius 1 is 1.36 bits per heavy atom. The number of nitrogens with zero attached hydrogens (tertiary/aromatic N) is 3. The fourth-order valence-electron chi connectivity index (χ4n) is 1.34. The highest BCUT2D eigenvalue weighted by atomic mass is 15.2. The van der Waals surface area contributed by atoms with E-state index in [1.165, 1.54) is 0 Å². The van der Waals surface area contributed by atoms with Gasteiger partial charge in [0.15, 0.2) is 0 Å². The van der Waals surface area contributed by atoms with Crippen LogP contribution in [-0.2, 0) is 0 Å². The molecule has 1 aromatic heterocycles. The van der Waals surface area contributed by atoms with E-state index in [1.807, 2.05) is 27.0 Å². The summed E-state index contributed by atoms with van der Waals surface area (Å²) in [5.74, 6) is 1.79. The number of hydrogen-bond acceptors (Lipinski definition) is 4. The molecule has 0 saturated heterocycles. The molecule has 14 heavy (non-hydrogen) atoms. The molecule has 0 aliphatic heterocycles. The van der Waals surface area contributed by atoms with Crippen LogP contribution < -0.4 is 10.6 Å². The topological polar surface area (TPSA) is 55.0 Å². The number of aromatic nitrogens is 2. The van der Waals surface area contributed by atoms with Crippen LogP contribution in [0.15, 0.2) is 6.07 Å². The molecule has 1 heterocycles. The largest absolute Gasteiger partial charge is 0.360 e. The summed E-state index contributed by atoms with van der Waals surface area (Å²) in [5, 5.41) is 0. The lowest BCUT2D eigenvalue weighted by atomic mass is 10.3. The Morgan fingerprint density at radius 3 is 2.64 bits per heavy atom. The lowest BCUT2D eigenvalue weighted by molar-refractivity contribution is 0.781. The third-order valence-corrected chi connectivity index (χ3v) is 2.04. The summed E-state index contributed by atoms with van der Waals surface area (Å²) in [4.78, 5) is 10.7. The molecular weight excluding hydrogens is 176 g/mol. The van der Waals surface area contributed by atoms with Crippen molar-refractivity contribution in [3.05, 3.63) is 17.6 Å². The number of anilines is 1. The molecular formula is C10H18N4. The van der Waals surface area contributed by atoms with E-state index in [4.69, 9.17) is 5.73 Å². The van der Waals surface area contributed by atoms with E-state index in [0.29, 0.717) is 6.54 Å². The lowest BCUT2D eigenvalue weighted by Gasteiger charge is -2.18. The Morgan fingerprint density at radius 2 is 2.07 bits per heavy atom. The summed E-state index contributed by atoms with van der Waals surface area (Å²) in [7, 11) is 2.02. The summed E-state index contributed by atoms with van der Waals surface area (Å²) >= 11 is 0. The highest BCUT2D eigenvalue weighted by molar-refractivity contribution is 5.38. The molecule has 0 bridgehead atoms. The van der Waals surface area contributed by atoms with E-state index < -0.39 is 0 Å². The lowest BCUT2D eigenvalue weighted by Crippen LogP contribution is -2.22. The van der Waals surface area contributed by atoms with E-state index in [9.17, 15) is 0 Å². The van der Waals surface area contributed by atoms with Gasteiger partial charge in [-0.3, -0.25) is 0 Å². The molecule has 0 aromatic carbocycles. The Labute approximate surface area is 85.2 Å². The molecule has 0 fully saturated rings. The first-order valence-corrected chi connectivity index (χ1v) is 4.87. The van der Waals surface area contributed by atoms with Gasteiger partial charge in [-0.1, -0.05) is 0 Å². The van der Waals surface area contributed by atoms with Gasteiger partial charge in [0.05, 0.1) is 0 Å². The van der Waals surface area contributed by atoms with Crippen molar-refractivity contribution in [2.75, 3.05) is 25.0 Å². The zero-order valence-electron chi connectivity index (χ0n) is 9.12. The molecule has 0 unspecified atom stereocenters. The van der Waals surface area contributed by atoms with Crippen LogP contribution in [0.1, 0.15) is 17.9 Å². The first-order valence-electron chi connectivity index (χ1n) is 4.87. The van der Waals surface area contributed by atoms with E-state index in [2.05, 4.69) is 14.9 Å². The van der Waals surface area contributed by atoms with Gasteiger partial charge in [0.25, 0.3) is 0 Å². The van der Waals surface area contributed by atoms with E-state index >= 15 is 0 Å². The van der Waals surface area contributed by atoms with Crippen molar-refractivity contribution in [3.8, 4) is 0 Å². The Kier molecular flexibility index (Phi) is 3.83. The third kappa shape index (κ3) is 2.96. The van der Waals surface area contributed by atoms with Crippen molar-refractivity contribution in [1.82, 2.24) is 9.97 Å². The monoisotopic (exact) mass is 194 g/mol. The molecule has 0 aliphatic rings. The third-order valence-electron chi connectivity index (χ3n) is 2.04. The predicted molar refractivity (Wildman–Crippen MR) is 58.4 cm³/mol. The zero-order valence-corrected chi connectivity index (χ0v) is 9.12. The standard InChI is InChI=1S/C10H18N4/c1-8-7-10(13-9(2)12-8)14(3)6-4-5-11/h7H,4-6,11H2,1-3H3. The molecule has 0 atom stereocenters. The van der Waals surface area contributed by atoms with Crippen molar-refractivity contribution in [2.45, 2.75) is 20.3 Å². The maximum atomic E-state index is 5.46. The second kappa shape index (κ2) is 4.91. The molecule has 1 aromatic rings. The van der Waals surface area contributed by atoms with Crippen LogP contribution in [0.5, 0.6) is 0 Å². The van der Waals surface area contributed by atoms with Crippen LogP contribution >= 0.6 is 0 Å². The molecule has 2 N–H and O–H groups in total. The van der Waals surface area contributed by atoms with Crippen LogP contribution in [0.2, 0.25) is 0 Å². The molecule has 0 aliphatic carbocycles. The SMILES string of the molecule is Cc1cc(N(C)CCCN)nc(C)n1. The average molecular weight is 194 g/mol. The molecule has 78 valence electrons. The summed E-state index contributed by atoms with van der Waals surface area (Å²) in [5.41, 5.74) is 6.46. The first-order chi connectivity index (χ1) is 6.63. The Hall–Kier alpha value is -1.16. The van der Waals surface area contributed by atoms with Crippen LogP contribution in [-0.4, -0.2) is 30.1 Å². The normalized spacial score (nSPS) is 10.3. The minimum Gasteiger partial charge on any atom is -0.360 e. The molecule has 0 radical (unpaired) electrons. The average Bonchev–Trinajstić information content (AvgIpc) is 2.12. The van der Waals surface area contributed by atoms with Crippen molar-refractivity contribution >= 4 is 5.82 Å². The van der Waals surface area contributed by atoms with Gasteiger partial charge in [0.2, 0.25) is 0 Å². The van der Waals surface area contributed by atoms with Gasteiger partial charge >= 0.3 is 0 Å². The van der Waals surface area contributed by atoms with Crippen LogP contribution in [0.25, 0.3) is 0 Å². The van der Waals surface area contributed by atoms with Crippen molar-refractivity contribution in [1.29, 1.82) is 0 Å². The minimum atomic E-state index is 0.716. The highest BCUT2D eigenvalue weighted by Crippen LogP contribution is 2.10. The number of rotatable bonds is 4. The van der Waals surface area contributed by atoms with Gasteiger partial charge in [-0.05, 0) is 26.8 Å². The fraction of sp³-hybridized carbons (Fsp3) is 0.600. The van der Waals surface area contributed by atoms with Gasteiger partial charge in [0.1, 0.15) is 11.6 Å². The number of hydrogen-bond donors (Lipinski definition) is 1. The predicted octanol–water partition coefficient (Wildman–Crippen LogP) is 0.878. The molecule has 1 rings (SSSR count). The second-order valence-electron chi connectivity index (χ2n) is 3.48. The van der Waals surface area contributed by atoms with Crippen LogP contribution in [0.3, 0.4) is 0 Å². The quantitative estimate of drug-likeness (QED) is 0.773. The molecule has 0 spiro atoms. The van der Waals surface area contributed by atoms with Gasteiger partial charge in [-0.15, -0.1) is 0 Å². The zero-order chi connectivity index (χ0) is 10.6. The first kappa shape index (κ1) is 10.9. The second-order valence-corrected chi connectivity index (χ2v) is 3.48. The van der Waals surface area contributed by atoms with Crippen LogP contribution in [0, 0.1) is 13.8 Å². The summed E-state index contributed by atoms with van der Waals surface area (Å²) in [6.45, 7) is 5.54. The van der Waals surface area contributed by atoms with Gasteiger partial charge in [-0.2, -0.15) is 0 Å². The number of aryl methyl sites for hydroxylation is 2. The van der Waals surface area contributed by atoms with E-state index in [1.54, 1.807) is 0 Å². The van der Waals surface area contributed by atoms with Crippen molar-refractivity contribution in [2.24, 2.45) is 5.73 Å². The fourth-order valence-corrected chi connectivity index (χ4v) is 1.34. The Balaban J connectivity index is 2.73. The maximum Gasteiger partial charge on any atom is 0.132 e. The van der Waals surface area contributed by atoms with Gasteiger partial charge in [0, 0.05) is 25.4 Å². The Bertz CT molecular complexity index is 278. The van der Waals surface area contributed by atoms with E-state index in [0.717, 1.165) is 30.3 Å². The summed E-state index contributed by atoms with van der Waals surface area (Å²) < 4.78 is 0. The maximum absolute atomic E-state index is 5.46. The smallest absolute Gasteiger partial charge is 0.132 e. The summed E-state index contributed by atoms with van der Waals surface area (Å²) in [6, 6.07) is 1.99. The van der Waals surface area contributed by atoms with Crippen molar-refractivity contribution < 1.29 is 0 Å². The van der Waals surface area contributed by atoms with Gasteiger partial charge in [-0.25, -0.2) is 9.97 Å². The van der Waals surface area contributed by atoms with Crippen LogP contribution in [0.4, 0.5) is 5.82 Å². The number of nitrogens with two attached hydrogens (primary N) is 1. The van der Waals surface area contributed by atoms with Crippen molar-refractivity contribution in [3.63, 3.8) is 0 Å². The molecule has 4 heteroatoms. The highest BCUT2D eigenvalue weighted by Gasteiger charge is 2.03. The molecule has 0 amide bonds.